The summed E-state index contributed by atoms with van der Waals surface area (Å²) in [5.41, 5.74) is 3.14. The van der Waals surface area contributed by atoms with E-state index in [0.29, 0.717) is 17.3 Å². The summed E-state index contributed by atoms with van der Waals surface area (Å²) >= 11 is 0. The molecule has 1 aliphatic carbocycles. The largest absolute Gasteiger partial charge is 0.573 e. The van der Waals surface area contributed by atoms with Crippen LogP contribution in [0.1, 0.15) is 30.0 Å². The van der Waals surface area contributed by atoms with Crippen molar-refractivity contribution in [2.45, 2.75) is 31.5 Å². The van der Waals surface area contributed by atoms with E-state index < -0.39 is 6.36 Å². The molecule has 1 fully saturated rings. The Morgan fingerprint density at radius 1 is 1.10 bits per heavy atom. The second kappa shape index (κ2) is 7.62. The molecule has 2 N–H and O–H groups in total. The highest BCUT2D eigenvalue weighted by Crippen LogP contribution is 2.39. The van der Waals surface area contributed by atoms with Gasteiger partial charge in [0.1, 0.15) is 5.75 Å². The molecular formula is C21H18F3N3O2. The Balaban J connectivity index is 1.38. The third-order valence-corrected chi connectivity index (χ3v) is 4.60. The van der Waals surface area contributed by atoms with E-state index in [9.17, 15) is 18.0 Å². The van der Waals surface area contributed by atoms with Crippen LogP contribution in [0.25, 0.3) is 11.1 Å². The van der Waals surface area contributed by atoms with Crippen LogP contribution < -0.4 is 10.1 Å². The number of aromatic nitrogens is 2. The number of carbonyl (C=O) groups is 1. The fraction of sp³-hybridized carbons (Fsp3) is 0.238. The van der Waals surface area contributed by atoms with E-state index in [4.69, 9.17) is 0 Å². The Hall–Kier alpha value is -3.29. The van der Waals surface area contributed by atoms with Crippen molar-refractivity contribution in [1.82, 2.24) is 10.2 Å². The van der Waals surface area contributed by atoms with Gasteiger partial charge in [0.2, 0.25) is 5.91 Å². The van der Waals surface area contributed by atoms with Gasteiger partial charge in [-0.1, -0.05) is 36.4 Å². The summed E-state index contributed by atoms with van der Waals surface area (Å²) in [6.45, 7) is 0. The third-order valence-electron chi connectivity index (χ3n) is 4.60. The SMILES string of the molecule is O=C(Cc1ccc(-c2cccc(OC(F)(F)F)c2)cc1)Nc1cc(C2CC2)[nH]n1. The van der Waals surface area contributed by atoms with Crippen molar-refractivity contribution >= 4 is 11.7 Å². The maximum absolute atomic E-state index is 12.4. The Bertz CT molecular complexity index is 1010. The van der Waals surface area contributed by atoms with Gasteiger partial charge < -0.3 is 10.1 Å². The molecule has 5 nitrogen and oxygen atoms in total. The van der Waals surface area contributed by atoms with Crippen LogP contribution in [0.15, 0.2) is 54.6 Å². The molecule has 0 bridgehead atoms. The van der Waals surface area contributed by atoms with Gasteiger partial charge in [0.15, 0.2) is 5.82 Å². The van der Waals surface area contributed by atoms with Gasteiger partial charge in [0, 0.05) is 17.7 Å². The molecule has 4 rings (SSSR count). The summed E-state index contributed by atoms with van der Waals surface area (Å²) in [4.78, 5) is 12.2. The summed E-state index contributed by atoms with van der Waals surface area (Å²) in [6.07, 6.45) is -2.27. The van der Waals surface area contributed by atoms with E-state index in [1.54, 1.807) is 30.3 Å². The first-order valence-corrected chi connectivity index (χ1v) is 9.16. The highest BCUT2D eigenvalue weighted by molar-refractivity contribution is 5.91. The zero-order valence-electron chi connectivity index (χ0n) is 15.3. The normalized spacial score (nSPS) is 13.9. The number of benzene rings is 2. The van der Waals surface area contributed by atoms with Gasteiger partial charge >= 0.3 is 6.36 Å². The number of nitrogens with one attached hydrogen (secondary N) is 2. The summed E-state index contributed by atoms with van der Waals surface area (Å²) in [5.74, 6) is 0.575. The average molecular weight is 401 g/mol. The van der Waals surface area contributed by atoms with E-state index in [-0.39, 0.29) is 18.1 Å². The summed E-state index contributed by atoms with van der Waals surface area (Å²) in [7, 11) is 0. The lowest BCUT2D eigenvalue weighted by molar-refractivity contribution is -0.274. The molecule has 150 valence electrons. The van der Waals surface area contributed by atoms with Crippen molar-refractivity contribution in [3.63, 3.8) is 0 Å². The van der Waals surface area contributed by atoms with E-state index in [2.05, 4.69) is 20.3 Å². The molecule has 0 saturated heterocycles. The molecule has 0 atom stereocenters. The number of carbonyl (C=O) groups excluding carboxylic acids is 1. The summed E-state index contributed by atoms with van der Waals surface area (Å²) in [5, 5.41) is 9.80. The van der Waals surface area contributed by atoms with Crippen LogP contribution in [0.2, 0.25) is 0 Å². The predicted octanol–water partition coefficient (Wildman–Crippen LogP) is 5.03. The minimum absolute atomic E-state index is 0.170. The topological polar surface area (TPSA) is 67.0 Å². The van der Waals surface area contributed by atoms with Crippen LogP contribution in [-0.4, -0.2) is 22.5 Å². The first-order chi connectivity index (χ1) is 13.9. The third kappa shape index (κ3) is 5.16. The Morgan fingerprint density at radius 3 is 2.55 bits per heavy atom. The minimum atomic E-state index is -4.73. The lowest BCUT2D eigenvalue weighted by Gasteiger charge is -2.10. The lowest BCUT2D eigenvalue weighted by atomic mass is 10.0. The lowest BCUT2D eigenvalue weighted by Crippen LogP contribution is -2.17. The fourth-order valence-corrected chi connectivity index (χ4v) is 3.06. The van der Waals surface area contributed by atoms with Gasteiger partial charge in [0.25, 0.3) is 0 Å². The first-order valence-electron chi connectivity index (χ1n) is 9.16. The van der Waals surface area contributed by atoms with Crippen LogP contribution in [-0.2, 0) is 11.2 Å². The van der Waals surface area contributed by atoms with Crippen molar-refractivity contribution in [2.24, 2.45) is 0 Å². The molecule has 1 aromatic heterocycles. The van der Waals surface area contributed by atoms with Crippen molar-refractivity contribution in [3.8, 4) is 16.9 Å². The molecule has 8 heteroatoms. The number of ether oxygens (including phenoxy) is 1. The number of hydrogen-bond donors (Lipinski definition) is 2. The van der Waals surface area contributed by atoms with Crippen LogP contribution >= 0.6 is 0 Å². The number of halogens is 3. The minimum Gasteiger partial charge on any atom is -0.406 e. The van der Waals surface area contributed by atoms with Crippen molar-refractivity contribution in [1.29, 1.82) is 0 Å². The number of H-pyrrole nitrogens is 1. The zero-order chi connectivity index (χ0) is 20.4. The number of aromatic amines is 1. The molecule has 0 aliphatic heterocycles. The molecule has 2 aromatic carbocycles. The zero-order valence-corrected chi connectivity index (χ0v) is 15.3. The predicted molar refractivity (Wildman–Crippen MR) is 101 cm³/mol. The summed E-state index contributed by atoms with van der Waals surface area (Å²) in [6, 6.07) is 14.7. The highest BCUT2D eigenvalue weighted by atomic mass is 19.4. The first kappa shape index (κ1) is 19.0. The van der Waals surface area contributed by atoms with Crippen LogP contribution in [0.3, 0.4) is 0 Å². The Kier molecular flexibility index (Phi) is 5.00. The molecule has 1 saturated carbocycles. The van der Waals surface area contributed by atoms with E-state index in [1.807, 2.05) is 6.07 Å². The maximum Gasteiger partial charge on any atom is 0.573 e. The second-order valence-corrected chi connectivity index (χ2v) is 6.98. The van der Waals surface area contributed by atoms with E-state index >= 15 is 0 Å². The summed E-state index contributed by atoms with van der Waals surface area (Å²) < 4.78 is 41.1. The highest BCUT2D eigenvalue weighted by Gasteiger charge is 2.31. The van der Waals surface area contributed by atoms with Crippen molar-refractivity contribution in [2.75, 3.05) is 5.32 Å². The van der Waals surface area contributed by atoms with Crippen LogP contribution in [0, 0.1) is 0 Å². The average Bonchev–Trinajstić information content (AvgIpc) is 3.41. The quantitative estimate of drug-likeness (QED) is 0.609. The molecule has 1 heterocycles. The number of anilines is 1. The van der Waals surface area contributed by atoms with Gasteiger partial charge in [-0.15, -0.1) is 13.2 Å². The fourth-order valence-electron chi connectivity index (χ4n) is 3.06. The molecule has 0 unspecified atom stereocenters. The van der Waals surface area contributed by atoms with E-state index in [1.165, 1.54) is 18.2 Å². The number of amides is 1. The number of rotatable bonds is 6. The molecule has 1 aliphatic rings. The number of nitrogens with zero attached hydrogens (tertiary/aromatic N) is 1. The number of alkyl halides is 3. The Labute approximate surface area is 164 Å². The smallest absolute Gasteiger partial charge is 0.406 e. The standard InChI is InChI=1S/C21H18F3N3O2/c22-21(23,24)29-17-3-1-2-16(11-17)14-6-4-13(5-7-14)10-20(28)25-19-12-18(26-27-19)15-8-9-15/h1-7,11-12,15H,8-10H2,(H2,25,26,27,28). The number of hydrogen-bond acceptors (Lipinski definition) is 3. The second-order valence-electron chi connectivity index (χ2n) is 6.98. The van der Waals surface area contributed by atoms with Crippen LogP contribution in [0.5, 0.6) is 5.75 Å². The molecule has 1 amide bonds. The van der Waals surface area contributed by atoms with Crippen molar-refractivity contribution < 1.29 is 22.7 Å². The molecule has 29 heavy (non-hydrogen) atoms. The van der Waals surface area contributed by atoms with Gasteiger partial charge in [-0.3, -0.25) is 9.89 Å². The molecule has 3 aromatic rings. The van der Waals surface area contributed by atoms with Gasteiger partial charge in [0.05, 0.1) is 6.42 Å². The molecular weight excluding hydrogens is 383 g/mol. The monoisotopic (exact) mass is 401 g/mol. The van der Waals surface area contributed by atoms with Crippen molar-refractivity contribution in [3.05, 3.63) is 65.9 Å². The molecule has 0 radical (unpaired) electrons. The molecule has 0 spiro atoms. The Morgan fingerprint density at radius 2 is 1.86 bits per heavy atom. The van der Waals surface area contributed by atoms with Gasteiger partial charge in [-0.05, 0) is 41.7 Å². The maximum atomic E-state index is 12.4. The van der Waals surface area contributed by atoms with Gasteiger partial charge in [-0.2, -0.15) is 5.10 Å². The van der Waals surface area contributed by atoms with Crippen LogP contribution in [0.4, 0.5) is 19.0 Å². The van der Waals surface area contributed by atoms with E-state index in [0.717, 1.165) is 29.7 Å². The van der Waals surface area contributed by atoms with Gasteiger partial charge in [-0.25, -0.2) is 0 Å².